The zero-order valence-electron chi connectivity index (χ0n) is 11.7. The van der Waals surface area contributed by atoms with Gasteiger partial charge >= 0.3 is 0 Å². The van der Waals surface area contributed by atoms with Gasteiger partial charge < -0.3 is 19.7 Å². The van der Waals surface area contributed by atoms with E-state index in [0.717, 1.165) is 25.3 Å². The second-order valence-electron chi connectivity index (χ2n) is 4.46. The molecule has 1 amide bonds. The predicted octanol–water partition coefficient (Wildman–Crippen LogP) is 0.0795. The molecule has 0 aliphatic carbocycles. The van der Waals surface area contributed by atoms with Crippen molar-refractivity contribution in [3.63, 3.8) is 0 Å². The molecule has 0 spiro atoms. The van der Waals surface area contributed by atoms with Crippen LogP contribution in [0.4, 0.5) is 5.82 Å². The lowest BCUT2D eigenvalue weighted by molar-refractivity contribution is 0.0943. The van der Waals surface area contributed by atoms with Crippen LogP contribution in [-0.4, -0.2) is 62.4 Å². The fourth-order valence-electron chi connectivity index (χ4n) is 1.90. The van der Waals surface area contributed by atoms with E-state index in [4.69, 9.17) is 9.47 Å². The summed E-state index contributed by atoms with van der Waals surface area (Å²) in [5, 5.41) is 2.78. The Morgan fingerprint density at radius 1 is 1.40 bits per heavy atom. The molecule has 1 aliphatic rings. The molecule has 0 radical (unpaired) electrons. The molecule has 7 heteroatoms. The smallest absolute Gasteiger partial charge is 0.271 e. The van der Waals surface area contributed by atoms with Crippen molar-refractivity contribution >= 4 is 11.7 Å². The van der Waals surface area contributed by atoms with Crippen LogP contribution in [0.5, 0.6) is 0 Å². The Bertz CT molecular complexity index is 418. The Balaban J connectivity index is 1.85. The van der Waals surface area contributed by atoms with Gasteiger partial charge in [0, 0.05) is 33.4 Å². The molecule has 1 N–H and O–H groups in total. The van der Waals surface area contributed by atoms with Gasteiger partial charge in [-0.1, -0.05) is 0 Å². The number of methoxy groups -OCH3 is 1. The van der Waals surface area contributed by atoms with E-state index in [2.05, 4.69) is 20.2 Å². The zero-order chi connectivity index (χ0) is 14.2. The summed E-state index contributed by atoms with van der Waals surface area (Å²) in [6.07, 6.45) is 3.92. The maximum Gasteiger partial charge on any atom is 0.271 e. The maximum atomic E-state index is 11.8. The van der Waals surface area contributed by atoms with Crippen LogP contribution in [0, 0.1) is 0 Å². The van der Waals surface area contributed by atoms with E-state index in [1.54, 1.807) is 13.3 Å². The van der Waals surface area contributed by atoms with E-state index in [1.165, 1.54) is 6.20 Å². The summed E-state index contributed by atoms with van der Waals surface area (Å²) in [6, 6.07) is 0. The average molecular weight is 280 g/mol. The molecule has 7 nitrogen and oxygen atoms in total. The van der Waals surface area contributed by atoms with Gasteiger partial charge in [-0.25, -0.2) is 9.97 Å². The van der Waals surface area contributed by atoms with Crippen molar-refractivity contribution in [2.75, 3.05) is 51.5 Å². The van der Waals surface area contributed by atoms with Crippen molar-refractivity contribution < 1.29 is 14.3 Å². The molecule has 20 heavy (non-hydrogen) atoms. The van der Waals surface area contributed by atoms with Gasteiger partial charge in [0.1, 0.15) is 11.5 Å². The number of hydrogen-bond acceptors (Lipinski definition) is 6. The third-order valence-electron chi connectivity index (χ3n) is 3.02. The van der Waals surface area contributed by atoms with Crippen LogP contribution in [0.25, 0.3) is 0 Å². The van der Waals surface area contributed by atoms with E-state index in [0.29, 0.717) is 32.1 Å². The van der Waals surface area contributed by atoms with Crippen molar-refractivity contribution in [3.8, 4) is 0 Å². The minimum absolute atomic E-state index is 0.206. The summed E-state index contributed by atoms with van der Waals surface area (Å²) < 4.78 is 10.2. The number of anilines is 1. The molecule has 0 atom stereocenters. The lowest BCUT2D eigenvalue weighted by atomic mass is 10.3. The highest BCUT2D eigenvalue weighted by Gasteiger charge is 2.14. The van der Waals surface area contributed by atoms with Crippen molar-refractivity contribution in [3.05, 3.63) is 18.1 Å². The average Bonchev–Trinajstić information content (AvgIpc) is 2.52. The van der Waals surface area contributed by atoms with Gasteiger partial charge in [-0.2, -0.15) is 0 Å². The van der Waals surface area contributed by atoms with Gasteiger partial charge in [-0.15, -0.1) is 0 Å². The van der Waals surface area contributed by atoms with Crippen molar-refractivity contribution in [2.45, 2.75) is 6.42 Å². The van der Waals surface area contributed by atoms with Crippen LogP contribution in [0.1, 0.15) is 16.9 Å². The molecular formula is C13H20N4O3. The molecule has 1 aliphatic heterocycles. The van der Waals surface area contributed by atoms with E-state index in [-0.39, 0.29) is 5.91 Å². The van der Waals surface area contributed by atoms with E-state index in [1.807, 2.05) is 0 Å². The van der Waals surface area contributed by atoms with E-state index in [9.17, 15) is 4.79 Å². The first-order valence-corrected chi connectivity index (χ1v) is 6.73. The van der Waals surface area contributed by atoms with E-state index < -0.39 is 0 Å². The van der Waals surface area contributed by atoms with Gasteiger partial charge in [-0.3, -0.25) is 4.79 Å². The number of carbonyl (C=O) groups excluding carboxylic acids is 1. The first kappa shape index (κ1) is 14.7. The number of nitrogens with zero attached hydrogens (tertiary/aromatic N) is 3. The number of amides is 1. The van der Waals surface area contributed by atoms with Crippen molar-refractivity contribution in [2.24, 2.45) is 0 Å². The summed E-state index contributed by atoms with van der Waals surface area (Å²) >= 11 is 0. The highest BCUT2D eigenvalue weighted by atomic mass is 16.5. The Morgan fingerprint density at radius 2 is 2.20 bits per heavy atom. The molecule has 1 aromatic rings. The highest BCUT2D eigenvalue weighted by molar-refractivity contribution is 5.91. The molecule has 0 saturated carbocycles. The van der Waals surface area contributed by atoms with Crippen molar-refractivity contribution in [1.29, 1.82) is 0 Å². The molecule has 110 valence electrons. The molecule has 2 heterocycles. The lowest BCUT2D eigenvalue weighted by Gasteiger charge is -2.27. The fourth-order valence-corrected chi connectivity index (χ4v) is 1.90. The molecule has 1 fully saturated rings. The van der Waals surface area contributed by atoms with Crippen LogP contribution >= 0.6 is 0 Å². The third kappa shape index (κ3) is 4.14. The monoisotopic (exact) mass is 280 g/mol. The number of morpholine rings is 1. The first-order valence-electron chi connectivity index (χ1n) is 6.73. The molecule has 0 unspecified atom stereocenters. The quantitative estimate of drug-likeness (QED) is 0.744. The van der Waals surface area contributed by atoms with Gasteiger partial charge in [0.2, 0.25) is 0 Å². The number of rotatable bonds is 6. The fraction of sp³-hybridized carbons (Fsp3) is 0.615. The highest BCUT2D eigenvalue weighted by Crippen LogP contribution is 2.10. The molecule has 1 saturated heterocycles. The summed E-state index contributed by atoms with van der Waals surface area (Å²) in [5.41, 5.74) is 0.333. The van der Waals surface area contributed by atoms with Gasteiger partial charge in [-0.05, 0) is 6.42 Å². The van der Waals surface area contributed by atoms with Gasteiger partial charge in [0.25, 0.3) is 5.91 Å². The van der Waals surface area contributed by atoms with E-state index >= 15 is 0 Å². The number of nitrogens with one attached hydrogen (secondary N) is 1. The second-order valence-corrected chi connectivity index (χ2v) is 4.46. The Morgan fingerprint density at radius 3 is 2.85 bits per heavy atom. The molecule has 0 bridgehead atoms. The first-order chi connectivity index (χ1) is 9.81. The lowest BCUT2D eigenvalue weighted by Crippen LogP contribution is -2.37. The largest absolute Gasteiger partial charge is 0.385 e. The summed E-state index contributed by atoms with van der Waals surface area (Å²) in [7, 11) is 1.64. The Hall–Kier alpha value is -1.73. The van der Waals surface area contributed by atoms with Crippen LogP contribution in [0.2, 0.25) is 0 Å². The Labute approximate surface area is 118 Å². The van der Waals surface area contributed by atoms with Crippen molar-refractivity contribution in [1.82, 2.24) is 15.3 Å². The number of ether oxygens (including phenoxy) is 2. The number of aromatic nitrogens is 2. The topological polar surface area (TPSA) is 76.6 Å². The summed E-state index contributed by atoms with van der Waals surface area (Å²) in [5.74, 6) is 0.575. The predicted molar refractivity (Wildman–Crippen MR) is 73.9 cm³/mol. The van der Waals surface area contributed by atoms with Crippen LogP contribution in [0.15, 0.2) is 12.4 Å². The van der Waals surface area contributed by atoms with Crippen LogP contribution < -0.4 is 10.2 Å². The van der Waals surface area contributed by atoms with Crippen LogP contribution in [-0.2, 0) is 9.47 Å². The summed E-state index contributed by atoms with van der Waals surface area (Å²) in [4.78, 5) is 22.4. The minimum Gasteiger partial charge on any atom is -0.385 e. The van der Waals surface area contributed by atoms with Gasteiger partial charge in [0.15, 0.2) is 0 Å². The standard InChI is InChI=1S/C13H20N4O3/c1-19-6-2-3-14-13(18)11-9-16-12(10-15-11)17-4-7-20-8-5-17/h9-10H,2-8H2,1H3,(H,14,18). The normalized spacial score (nSPS) is 15.2. The number of carbonyl (C=O) groups is 1. The minimum atomic E-state index is -0.206. The molecular weight excluding hydrogens is 260 g/mol. The molecule has 2 rings (SSSR count). The Kier molecular flexibility index (Phi) is 5.69. The second kappa shape index (κ2) is 7.76. The molecule has 1 aromatic heterocycles. The number of hydrogen-bond donors (Lipinski definition) is 1. The zero-order valence-corrected chi connectivity index (χ0v) is 11.7. The maximum absolute atomic E-state index is 11.8. The van der Waals surface area contributed by atoms with Crippen LogP contribution in [0.3, 0.4) is 0 Å². The van der Waals surface area contributed by atoms with Gasteiger partial charge in [0.05, 0.1) is 25.6 Å². The summed E-state index contributed by atoms with van der Waals surface area (Å²) in [6.45, 7) is 4.20. The third-order valence-corrected chi connectivity index (χ3v) is 3.02. The molecule has 0 aromatic carbocycles. The SMILES string of the molecule is COCCCNC(=O)c1cnc(N2CCOCC2)cn1.